The molecule has 0 spiro atoms. The van der Waals surface area contributed by atoms with Crippen molar-refractivity contribution < 1.29 is 4.74 Å². The van der Waals surface area contributed by atoms with Crippen LogP contribution in [-0.4, -0.2) is 24.3 Å². The zero-order valence-electron chi connectivity index (χ0n) is 12.2. The second-order valence-corrected chi connectivity index (χ2v) is 5.86. The normalized spacial score (nSPS) is 28.6. The Hall–Kier alpha value is -0.860. The summed E-state index contributed by atoms with van der Waals surface area (Å²) in [4.78, 5) is 2.50. The van der Waals surface area contributed by atoms with Crippen molar-refractivity contribution in [1.29, 1.82) is 0 Å². The van der Waals surface area contributed by atoms with Gasteiger partial charge in [-0.1, -0.05) is 44.2 Å². The number of hydrogen-bond donors (Lipinski definition) is 0. The molecule has 1 aromatic rings. The van der Waals surface area contributed by atoms with Crippen LogP contribution >= 0.6 is 0 Å². The lowest BCUT2D eigenvalue weighted by Crippen LogP contribution is -2.38. The van der Waals surface area contributed by atoms with Crippen molar-refractivity contribution in [2.75, 3.05) is 13.2 Å². The average Bonchev–Trinajstić information content (AvgIpc) is 3.10. The van der Waals surface area contributed by atoms with E-state index >= 15 is 0 Å². The quantitative estimate of drug-likeness (QED) is 0.829. The summed E-state index contributed by atoms with van der Waals surface area (Å²) in [6.45, 7) is 6.20. The van der Waals surface area contributed by atoms with Gasteiger partial charge >= 0.3 is 0 Å². The number of nitrogens with zero attached hydrogens (tertiary/aromatic N) is 1. The molecule has 2 nitrogen and oxygen atoms in total. The van der Waals surface area contributed by atoms with Crippen LogP contribution in [0.4, 0.5) is 0 Å². The van der Waals surface area contributed by atoms with Crippen LogP contribution < -0.4 is 0 Å². The van der Waals surface area contributed by atoms with Gasteiger partial charge in [-0.25, -0.2) is 0 Å². The van der Waals surface area contributed by atoms with Crippen LogP contribution in [0.1, 0.15) is 25.5 Å². The fraction of sp³-hybridized carbons (Fsp3) is 0.389. The topological polar surface area (TPSA) is 12.5 Å². The van der Waals surface area contributed by atoms with Gasteiger partial charge in [0.2, 0.25) is 0 Å². The molecule has 2 aliphatic rings. The first kappa shape index (κ1) is 14.1. The van der Waals surface area contributed by atoms with Crippen LogP contribution in [0.5, 0.6) is 0 Å². The van der Waals surface area contributed by atoms with Crippen molar-refractivity contribution in [2.45, 2.75) is 26.1 Å². The van der Waals surface area contributed by atoms with Gasteiger partial charge in [-0.2, -0.15) is 0 Å². The van der Waals surface area contributed by atoms with Crippen LogP contribution in [0.2, 0.25) is 0 Å². The summed E-state index contributed by atoms with van der Waals surface area (Å²) in [6.07, 6.45) is 8.80. The summed E-state index contributed by atoms with van der Waals surface area (Å²) in [6, 6.07) is 11.1. The molecule has 0 unspecified atom stereocenters. The van der Waals surface area contributed by atoms with Crippen LogP contribution in [0.15, 0.2) is 30.3 Å². The third kappa shape index (κ3) is 2.91. The second-order valence-electron chi connectivity index (χ2n) is 5.86. The molecule has 1 saturated carbocycles. The summed E-state index contributed by atoms with van der Waals surface area (Å²) in [7, 11) is 0. The van der Waals surface area contributed by atoms with E-state index < -0.39 is 0 Å². The third-order valence-electron chi connectivity index (χ3n) is 4.00. The maximum atomic E-state index is 6.07. The molecule has 2 atom stereocenters. The molecule has 0 aromatic heterocycles. The monoisotopic (exact) mass is 268 g/mol. The Morgan fingerprint density at radius 3 is 2.50 bits per heavy atom. The summed E-state index contributed by atoms with van der Waals surface area (Å²) in [5.74, 6) is 1.86. The Kier molecular flexibility index (Phi) is 4.42. The van der Waals surface area contributed by atoms with Crippen LogP contribution in [0.25, 0.3) is 0 Å². The highest BCUT2D eigenvalue weighted by atomic mass is 16.5. The molecule has 1 saturated heterocycles. The molecule has 1 aliphatic carbocycles. The van der Waals surface area contributed by atoms with Crippen LogP contribution in [0, 0.1) is 37.5 Å². The van der Waals surface area contributed by atoms with E-state index in [1.165, 1.54) is 11.5 Å². The predicted octanol–water partition coefficient (Wildman–Crippen LogP) is 3.45. The third-order valence-corrected chi connectivity index (χ3v) is 4.00. The SMILES string of the molecule is CC(C)[C@H]1OC[C@@H](c2ccccc2)N1C[C]1[CH][CH][CH][CH]1. The lowest BCUT2D eigenvalue weighted by atomic mass is 10.0. The van der Waals surface area contributed by atoms with Crippen LogP contribution in [0.3, 0.4) is 0 Å². The van der Waals surface area contributed by atoms with Gasteiger partial charge in [0.15, 0.2) is 0 Å². The molecule has 0 bridgehead atoms. The molecule has 3 rings (SSSR count). The molecule has 0 amide bonds. The smallest absolute Gasteiger partial charge is 0.113 e. The van der Waals surface area contributed by atoms with Gasteiger partial charge in [0.1, 0.15) is 6.23 Å². The Bertz CT molecular complexity index is 411. The lowest BCUT2D eigenvalue weighted by Gasteiger charge is -2.32. The minimum Gasteiger partial charge on any atom is -0.361 e. The first-order chi connectivity index (χ1) is 9.75. The average molecular weight is 268 g/mol. The Morgan fingerprint density at radius 2 is 1.85 bits per heavy atom. The van der Waals surface area contributed by atoms with Gasteiger partial charge in [-0.15, -0.1) is 0 Å². The number of benzene rings is 1. The van der Waals surface area contributed by atoms with Crippen molar-refractivity contribution in [2.24, 2.45) is 5.92 Å². The highest BCUT2D eigenvalue weighted by molar-refractivity contribution is 5.36. The Balaban J connectivity index is 1.77. The van der Waals surface area contributed by atoms with Crippen molar-refractivity contribution in [3.05, 3.63) is 67.5 Å². The molecule has 1 aromatic carbocycles. The number of hydrogen-bond acceptors (Lipinski definition) is 2. The lowest BCUT2D eigenvalue weighted by molar-refractivity contribution is -0.00228. The maximum absolute atomic E-state index is 6.07. The molecule has 2 heteroatoms. The summed E-state index contributed by atoms with van der Waals surface area (Å²) < 4.78 is 6.07. The fourth-order valence-corrected chi connectivity index (χ4v) is 3.03. The molecule has 5 radical (unpaired) electrons. The van der Waals surface area contributed by atoms with E-state index in [0.29, 0.717) is 12.0 Å². The minimum absolute atomic E-state index is 0.204. The standard InChI is InChI=1S/C18H22NO/c1-14(2)18-19(12-15-8-6-7-9-15)17(13-20-18)16-10-4-3-5-11-16/h3-11,14,17-18H,12-13H2,1-2H3/t17-,18+/m0/s1. The van der Waals surface area contributed by atoms with E-state index in [2.05, 4.69) is 74.8 Å². The van der Waals surface area contributed by atoms with E-state index in [9.17, 15) is 0 Å². The molecule has 0 N–H and O–H groups in total. The number of ether oxygens (including phenoxy) is 1. The molecular weight excluding hydrogens is 246 g/mol. The van der Waals surface area contributed by atoms with E-state index in [-0.39, 0.29) is 6.23 Å². The van der Waals surface area contributed by atoms with Crippen molar-refractivity contribution in [3.63, 3.8) is 0 Å². The minimum atomic E-state index is 0.204. The maximum Gasteiger partial charge on any atom is 0.113 e. The van der Waals surface area contributed by atoms with Gasteiger partial charge < -0.3 is 4.74 Å². The van der Waals surface area contributed by atoms with Gasteiger partial charge in [0.05, 0.1) is 12.6 Å². The summed E-state index contributed by atoms with van der Waals surface area (Å²) in [5, 5.41) is 0. The van der Waals surface area contributed by atoms with Crippen molar-refractivity contribution in [1.82, 2.24) is 4.90 Å². The highest BCUT2D eigenvalue weighted by Crippen LogP contribution is 2.36. The fourth-order valence-electron chi connectivity index (χ4n) is 3.03. The Labute approximate surface area is 123 Å². The molecular formula is C18H22NO. The van der Waals surface area contributed by atoms with Gasteiger partial charge in [-0.3, -0.25) is 4.90 Å². The van der Waals surface area contributed by atoms with Gasteiger partial charge in [-0.05, 0) is 43.1 Å². The molecule has 2 fully saturated rings. The molecule has 1 heterocycles. The first-order valence-electron chi connectivity index (χ1n) is 7.38. The molecule has 105 valence electrons. The van der Waals surface area contributed by atoms with E-state index in [4.69, 9.17) is 4.74 Å². The molecule has 1 aliphatic heterocycles. The summed E-state index contributed by atoms with van der Waals surface area (Å²) in [5.41, 5.74) is 1.35. The zero-order chi connectivity index (χ0) is 13.9. The Morgan fingerprint density at radius 1 is 1.15 bits per heavy atom. The van der Waals surface area contributed by atoms with E-state index in [1.54, 1.807) is 0 Å². The van der Waals surface area contributed by atoms with E-state index in [0.717, 1.165) is 13.2 Å². The highest BCUT2D eigenvalue weighted by Gasteiger charge is 2.38. The molecule has 20 heavy (non-hydrogen) atoms. The zero-order valence-corrected chi connectivity index (χ0v) is 12.2. The van der Waals surface area contributed by atoms with Gasteiger partial charge in [0, 0.05) is 6.54 Å². The largest absolute Gasteiger partial charge is 0.361 e. The van der Waals surface area contributed by atoms with Crippen LogP contribution in [-0.2, 0) is 4.74 Å². The van der Waals surface area contributed by atoms with Gasteiger partial charge in [0.25, 0.3) is 0 Å². The summed E-state index contributed by atoms with van der Waals surface area (Å²) >= 11 is 0. The van der Waals surface area contributed by atoms with Crippen molar-refractivity contribution >= 4 is 0 Å². The van der Waals surface area contributed by atoms with E-state index in [1.807, 2.05) is 0 Å². The predicted molar refractivity (Wildman–Crippen MR) is 80.9 cm³/mol. The number of rotatable bonds is 4. The van der Waals surface area contributed by atoms with Crippen molar-refractivity contribution in [3.8, 4) is 0 Å². The first-order valence-corrected chi connectivity index (χ1v) is 7.38. The second kappa shape index (κ2) is 6.28.